The van der Waals surface area contributed by atoms with Crippen molar-refractivity contribution in [2.24, 2.45) is 5.92 Å². The molecule has 21 heavy (non-hydrogen) atoms. The lowest BCUT2D eigenvalue weighted by Gasteiger charge is -2.50. The Morgan fingerprint density at radius 2 is 1.95 bits per heavy atom. The number of benzene rings is 1. The molecule has 1 atom stereocenters. The standard InChI is InChI=1S/C18H30N2O/c1-6-18(7-2)13-20(16(12-19-18)14(3)4)15-10-8-9-11-17(15)21-5/h8-11,14,16,19H,6-7,12-13H2,1-5H3. The number of rotatable bonds is 5. The zero-order chi connectivity index (χ0) is 15.5. The molecule has 1 aliphatic heterocycles. The second-order valence-electron chi connectivity index (χ2n) is 6.48. The molecule has 0 aromatic heterocycles. The first-order valence-electron chi connectivity index (χ1n) is 8.21. The van der Waals surface area contributed by atoms with Gasteiger partial charge in [-0.15, -0.1) is 0 Å². The van der Waals surface area contributed by atoms with Gasteiger partial charge in [-0.05, 0) is 30.9 Å². The maximum absolute atomic E-state index is 5.60. The lowest BCUT2D eigenvalue weighted by atomic mass is 9.86. The minimum absolute atomic E-state index is 0.215. The molecule has 118 valence electrons. The number of ether oxygens (including phenoxy) is 1. The van der Waals surface area contributed by atoms with Gasteiger partial charge in [0, 0.05) is 24.7 Å². The third kappa shape index (κ3) is 3.18. The van der Waals surface area contributed by atoms with Crippen LogP contribution in [0.1, 0.15) is 40.5 Å². The second kappa shape index (κ2) is 6.69. The van der Waals surface area contributed by atoms with Crippen LogP contribution in [0, 0.1) is 5.92 Å². The number of hydrogen-bond acceptors (Lipinski definition) is 3. The van der Waals surface area contributed by atoms with Crippen LogP contribution in [0.25, 0.3) is 0 Å². The molecular formula is C18H30N2O. The van der Waals surface area contributed by atoms with Gasteiger partial charge in [0.25, 0.3) is 0 Å². The minimum atomic E-state index is 0.215. The van der Waals surface area contributed by atoms with E-state index in [2.05, 4.69) is 56.1 Å². The van der Waals surface area contributed by atoms with Crippen molar-refractivity contribution >= 4 is 5.69 Å². The Morgan fingerprint density at radius 1 is 1.29 bits per heavy atom. The number of para-hydroxylation sites is 2. The number of nitrogens with one attached hydrogen (secondary N) is 1. The van der Waals surface area contributed by atoms with Crippen LogP contribution in [0.15, 0.2) is 24.3 Å². The normalized spacial score (nSPS) is 21.6. The number of methoxy groups -OCH3 is 1. The molecule has 1 aromatic rings. The van der Waals surface area contributed by atoms with E-state index in [1.54, 1.807) is 7.11 Å². The van der Waals surface area contributed by atoms with Gasteiger partial charge in [-0.25, -0.2) is 0 Å². The first kappa shape index (κ1) is 16.2. The summed E-state index contributed by atoms with van der Waals surface area (Å²) in [6, 6.07) is 8.91. The molecule has 1 heterocycles. The molecule has 1 saturated heterocycles. The summed E-state index contributed by atoms with van der Waals surface area (Å²) in [4.78, 5) is 2.56. The van der Waals surface area contributed by atoms with Gasteiger partial charge in [-0.2, -0.15) is 0 Å². The summed E-state index contributed by atoms with van der Waals surface area (Å²) in [5, 5.41) is 3.82. The van der Waals surface area contributed by atoms with Gasteiger partial charge >= 0.3 is 0 Å². The van der Waals surface area contributed by atoms with Crippen molar-refractivity contribution in [3.05, 3.63) is 24.3 Å². The molecule has 0 bridgehead atoms. The van der Waals surface area contributed by atoms with Gasteiger partial charge in [0.15, 0.2) is 0 Å². The van der Waals surface area contributed by atoms with Crippen molar-refractivity contribution in [2.45, 2.75) is 52.1 Å². The van der Waals surface area contributed by atoms with Crippen LogP contribution in [0.5, 0.6) is 5.75 Å². The van der Waals surface area contributed by atoms with E-state index in [0.717, 1.165) is 31.7 Å². The predicted molar refractivity (Wildman–Crippen MR) is 90.3 cm³/mol. The van der Waals surface area contributed by atoms with Gasteiger partial charge in [0.1, 0.15) is 5.75 Å². The smallest absolute Gasteiger partial charge is 0.142 e. The average molecular weight is 290 g/mol. The van der Waals surface area contributed by atoms with Crippen LogP contribution in [0.3, 0.4) is 0 Å². The summed E-state index contributed by atoms with van der Waals surface area (Å²) in [7, 11) is 1.76. The van der Waals surface area contributed by atoms with Gasteiger partial charge in [0.05, 0.1) is 12.8 Å². The third-order valence-corrected chi connectivity index (χ3v) is 5.08. The molecule has 2 rings (SSSR count). The maximum atomic E-state index is 5.60. The summed E-state index contributed by atoms with van der Waals surface area (Å²) in [6.45, 7) is 11.3. The molecule has 0 radical (unpaired) electrons. The Hall–Kier alpha value is -1.22. The summed E-state index contributed by atoms with van der Waals surface area (Å²) in [6.07, 6.45) is 2.31. The van der Waals surface area contributed by atoms with Crippen molar-refractivity contribution in [2.75, 3.05) is 25.1 Å². The highest BCUT2D eigenvalue weighted by Gasteiger charge is 2.38. The summed E-state index contributed by atoms with van der Waals surface area (Å²) < 4.78 is 5.60. The molecule has 1 fully saturated rings. The minimum Gasteiger partial charge on any atom is -0.495 e. The van der Waals surface area contributed by atoms with Crippen LogP contribution < -0.4 is 15.0 Å². The lowest BCUT2D eigenvalue weighted by Crippen LogP contribution is -2.65. The Kier molecular flexibility index (Phi) is 5.15. The van der Waals surface area contributed by atoms with Gasteiger partial charge in [0.2, 0.25) is 0 Å². The summed E-state index contributed by atoms with van der Waals surface area (Å²) in [5.41, 5.74) is 1.44. The monoisotopic (exact) mass is 290 g/mol. The molecule has 3 heteroatoms. The van der Waals surface area contributed by atoms with Crippen molar-refractivity contribution in [3.63, 3.8) is 0 Å². The first-order chi connectivity index (χ1) is 10.1. The summed E-state index contributed by atoms with van der Waals surface area (Å²) in [5.74, 6) is 1.58. The molecule has 0 aliphatic carbocycles. The van der Waals surface area contributed by atoms with E-state index < -0.39 is 0 Å². The lowest BCUT2D eigenvalue weighted by molar-refractivity contribution is 0.226. The third-order valence-electron chi connectivity index (χ3n) is 5.08. The average Bonchev–Trinajstić information content (AvgIpc) is 2.54. The van der Waals surface area contributed by atoms with Crippen molar-refractivity contribution in [1.29, 1.82) is 0 Å². The molecule has 0 spiro atoms. The molecule has 1 N–H and O–H groups in total. The van der Waals surface area contributed by atoms with Gasteiger partial charge < -0.3 is 15.0 Å². The van der Waals surface area contributed by atoms with E-state index in [0.29, 0.717) is 12.0 Å². The number of piperazine rings is 1. The zero-order valence-electron chi connectivity index (χ0n) is 14.1. The van der Waals surface area contributed by atoms with Crippen LogP contribution in [0.4, 0.5) is 5.69 Å². The second-order valence-corrected chi connectivity index (χ2v) is 6.48. The Labute approximate surface area is 129 Å². The fourth-order valence-electron chi connectivity index (χ4n) is 3.38. The molecule has 1 unspecified atom stereocenters. The number of anilines is 1. The van der Waals surface area contributed by atoms with Crippen LogP contribution in [0.2, 0.25) is 0 Å². The van der Waals surface area contributed by atoms with Crippen LogP contribution in [-0.4, -0.2) is 31.8 Å². The quantitative estimate of drug-likeness (QED) is 0.895. The largest absolute Gasteiger partial charge is 0.495 e. The first-order valence-corrected chi connectivity index (χ1v) is 8.21. The fourth-order valence-corrected chi connectivity index (χ4v) is 3.38. The molecule has 3 nitrogen and oxygen atoms in total. The van der Waals surface area contributed by atoms with Crippen LogP contribution in [-0.2, 0) is 0 Å². The van der Waals surface area contributed by atoms with Gasteiger partial charge in [-0.1, -0.05) is 39.8 Å². The van der Waals surface area contributed by atoms with E-state index in [1.807, 2.05) is 6.07 Å². The molecule has 1 aliphatic rings. The van der Waals surface area contributed by atoms with E-state index in [1.165, 1.54) is 5.69 Å². The Balaban J connectivity index is 2.38. The van der Waals surface area contributed by atoms with E-state index >= 15 is 0 Å². The van der Waals surface area contributed by atoms with Gasteiger partial charge in [-0.3, -0.25) is 0 Å². The number of nitrogens with zero attached hydrogens (tertiary/aromatic N) is 1. The highest BCUT2D eigenvalue weighted by molar-refractivity contribution is 5.60. The molecule has 0 saturated carbocycles. The fraction of sp³-hybridized carbons (Fsp3) is 0.667. The van der Waals surface area contributed by atoms with Crippen molar-refractivity contribution < 1.29 is 4.74 Å². The zero-order valence-corrected chi connectivity index (χ0v) is 14.1. The highest BCUT2D eigenvalue weighted by Crippen LogP contribution is 2.35. The molecular weight excluding hydrogens is 260 g/mol. The Morgan fingerprint density at radius 3 is 2.52 bits per heavy atom. The van der Waals surface area contributed by atoms with Crippen molar-refractivity contribution in [1.82, 2.24) is 5.32 Å². The molecule has 1 aromatic carbocycles. The SMILES string of the molecule is CCC1(CC)CN(c2ccccc2OC)C(C(C)C)CN1. The highest BCUT2D eigenvalue weighted by atomic mass is 16.5. The van der Waals surface area contributed by atoms with E-state index in [9.17, 15) is 0 Å². The van der Waals surface area contributed by atoms with Crippen molar-refractivity contribution in [3.8, 4) is 5.75 Å². The molecule has 0 amide bonds. The van der Waals surface area contributed by atoms with E-state index in [-0.39, 0.29) is 5.54 Å². The topological polar surface area (TPSA) is 24.5 Å². The predicted octanol–water partition coefficient (Wildman–Crippen LogP) is 3.69. The van der Waals surface area contributed by atoms with Crippen LogP contribution >= 0.6 is 0 Å². The summed E-state index contributed by atoms with van der Waals surface area (Å²) >= 11 is 0. The van der Waals surface area contributed by atoms with E-state index in [4.69, 9.17) is 4.74 Å². The Bertz CT molecular complexity index is 454. The maximum Gasteiger partial charge on any atom is 0.142 e. The number of hydrogen-bond donors (Lipinski definition) is 1.